The lowest BCUT2D eigenvalue weighted by atomic mass is 9.96. The molecule has 3 aromatic heterocycles. The van der Waals surface area contributed by atoms with Gasteiger partial charge in [-0.2, -0.15) is 4.80 Å². The molecule has 0 radical (unpaired) electrons. The number of hydrogen-bond acceptors (Lipinski definition) is 8. The van der Waals surface area contributed by atoms with Gasteiger partial charge in [-0.15, -0.1) is 10.2 Å². The van der Waals surface area contributed by atoms with Gasteiger partial charge in [0.25, 0.3) is 5.91 Å². The fraction of sp³-hybridized carbons (Fsp3) is 0.120. The van der Waals surface area contributed by atoms with Crippen LogP contribution in [0.3, 0.4) is 0 Å². The molecular weight excluding hydrogens is 499 g/mol. The summed E-state index contributed by atoms with van der Waals surface area (Å²) in [5.41, 5.74) is 2.96. The Balaban J connectivity index is 1.38. The van der Waals surface area contributed by atoms with Crippen molar-refractivity contribution >= 4 is 29.0 Å². The predicted octanol–water partition coefficient (Wildman–Crippen LogP) is 5.15. The summed E-state index contributed by atoms with van der Waals surface area (Å²) in [4.78, 5) is 18.1. The Labute approximate surface area is 215 Å². The number of carbonyl (C=O) groups excluding carboxylic acids is 1. The van der Waals surface area contributed by atoms with E-state index in [1.165, 1.54) is 29.3 Å². The molecule has 0 fully saturated rings. The molecule has 0 spiro atoms. The van der Waals surface area contributed by atoms with Gasteiger partial charge in [0.2, 0.25) is 11.6 Å². The number of aryl methyl sites for hydroxylation is 1. The van der Waals surface area contributed by atoms with Gasteiger partial charge in [0.15, 0.2) is 5.82 Å². The minimum absolute atomic E-state index is 0.0444. The van der Waals surface area contributed by atoms with E-state index in [-0.39, 0.29) is 23.2 Å². The maximum atomic E-state index is 14.7. The van der Waals surface area contributed by atoms with E-state index < -0.39 is 11.7 Å². The lowest BCUT2D eigenvalue weighted by Gasteiger charge is -2.19. The molecule has 5 aromatic rings. The zero-order valence-corrected chi connectivity index (χ0v) is 20.4. The average Bonchev–Trinajstić information content (AvgIpc) is 3.58. The van der Waals surface area contributed by atoms with Crippen LogP contribution in [0, 0.1) is 5.82 Å². The summed E-state index contributed by atoms with van der Waals surface area (Å²) in [6.45, 7) is 1.94. The molecule has 3 heterocycles. The van der Waals surface area contributed by atoms with E-state index in [0.717, 1.165) is 11.1 Å². The fourth-order valence-electron chi connectivity index (χ4n) is 3.79. The second-order valence-corrected chi connectivity index (χ2v) is 8.51. The molecule has 10 nitrogen and oxygen atoms in total. The van der Waals surface area contributed by atoms with Gasteiger partial charge in [-0.3, -0.25) is 4.79 Å². The first-order valence-corrected chi connectivity index (χ1v) is 11.5. The number of anilines is 2. The van der Waals surface area contributed by atoms with Gasteiger partial charge in [0, 0.05) is 12.3 Å². The molecule has 0 unspecified atom stereocenters. The van der Waals surface area contributed by atoms with Gasteiger partial charge >= 0.3 is 0 Å². The zero-order valence-electron chi connectivity index (χ0n) is 19.7. The Morgan fingerprint density at radius 2 is 1.92 bits per heavy atom. The van der Waals surface area contributed by atoms with Gasteiger partial charge in [-0.1, -0.05) is 53.2 Å². The highest BCUT2D eigenvalue weighted by atomic mass is 35.5. The highest BCUT2D eigenvalue weighted by Gasteiger charge is 2.19. The van der Waals surface area contributed by atoms with Crippen LogP contribution in [0.25, 0.3) is 22.5 Å². The van der Waals surface area contributed by atoms with Crippen LogP contribution in [0.1, 0.15) is 29.1 Å². The molecule has 186 valence electrons. The van der Waals surface area contributed by atoms with Crippen LogP contribution in [-0.2, 0) is 7.05 Å². The molecule has 0 bridgehead atoms. The summed E-state index contributed by atoms with van der Waals surface area (Å²) in [5.74, 6) is -0.296. The summed E-state index contributed by atoms with van der Waals surface area (Å²) >= 11 is 6.34. The van der Waals surface area contributed by atoms with Crippen LogP contribution in [0.15, 0.2) is 71.5 Å². The van der Waals surface area contributed by atoms with Crippen LogP contribution in [0.5, 0.6) is 0 Å². The maximum absolute atomic E-state index is 14.7. The van der Waals surface area contributed by atoms with Crippen molar-refractivity contribution in [3.05, 3.63) is 89.2 Å². The van der Waals surface area contributed by atoms with Gasteiger partial charge < -0.3 is 15.2 Å². The number of amides is 1. The molecule has 0 aliphatic rings. The molecule has 1 amide bonds. The highest BCUT2D eigenvalue weighted by molar-refractivity contribution is 6.34. The molecule has 1 atom stereocenters. The highest BCUT2D eigenvalue weighted by Crippen LogP contribution is 2.34. The van der Waals surface area contributed by atoms with Crippen molar-refractivity contribution in [1.82, 2.24) is 30.3 Å². The Bertz CT molecular complexity index is 1550. The second kappa shape index (κ2) is 10.2. The van der Waals surface area contributed by atoms with Crippen molar-refractivity contribution in [2.24, 2.45) is 7.05 Å². The molecule has 0 saturated carbocycles. The average molecular weight is 519 g/mol. The molecular formula is C25H20ClFN8O2. The van der Waals surface area contributed by atoms with E-state index in [9.17, 15) is 9.18 Å². The lowest BCUT2D eigenvalue weighted by Crippen LogP contribution is -2.15. The molecule has 12 heteroatoms. The first-order chi connectivity index (χ1) is 17.9. The molecule has 0 saturated heterocycles. The number of rotatable bonds is 7. The van der Waals surface area contributed by atoms with Crippen LogP contribution in [-0.4, -0.2) is 36.3 Å². The lowest BCUT2D eigenvalue weighted by molar-refractivity contribution is 0.0988. The predicted molar refractivity (Wildman–Crippen MR) is 135 cm³/mol. The zero-order chi connectivity index (χ0) is 25.9. The Hall–Kier alpha value is -4.64. The van der Waals surface area contributed by atoms with Crippen molar-refractivity contribution < 1.29 is 13.7 Å². The molecule has 0 aliphatic carbocycles. The standard InChI is InChI=1S/C25H20ClFN8O2/c1-14(30-24-22(18(26)10-12-28-24)31-25(36)20-11-13-29-37-20)15-6-8-16(9-7-15)17-4-3-5-19(27)21(17)23-32-34-35(2)33-23/h3-14H,1-2H3,(H,28,30)(H,31,36)/t14-/m1/s1. The third-order valence-electron chi connectivity index (χ3n) is 5.62. The number of hydrogen-bond donors (Lipinski definition) is 2. The molecule has 2 N–H and O–H groups in total. The quantitative estimate of drug-likeness (QED) is 0.303. The third-order valence-corrected chi connectivity index (χ3v) is 5.94. The van der Waals surface area contributed by atoms with Crippen molar-refractivity contribution in [3.63, 3.8) is 0 Å². The number of carbonyl (C=O) groups is 1. The van der Waals surface area contributed by atoms with Crippen LogP contribution < -0.4 is 10.6 Å². The summed E-state index contributed by atoms with van der Waals surface area (Å²) in [5, 5.41) is 21.8. The molecule has 37 heavy (non-hydrogen) atoms. The maximum Gasteiger partial charge on any atom is 0.294 e. The van der Waals surface area contributed by atoms with Crippen LogP contribution in [0.2, 0.25) is 5.02 Å². The van der Waals surface area contributed by atoms with E-state index in [0.29, 0.717) is 22.1 Å². The topological polar surface area (TPSA) is 124 Å². The van der Waals surface area contributed by atoms with Gasteiger partial charge in [0.1, 0.15) is 11.5 Å². The Kier molecular flexibility index (Phi) is 6.60. The first kappa shape index (κ1) is 24.1. The van der Waals surface area contributed by atoms with E-state index in [4.69, 9.17) is 16.1 Å². The van der Waals surface area contributed by atoms with Crippen molar-refractivity contribution in [2.45, 2.75) is 13.0 Å². The van der Waals surface area contributed by atoms with Gasteiger partial charge in [-0.25, -0.2) is 9.37 Å². The normalized spacial score (nSPS) is 11.8. The smallest absolute Gasteiger partial charge is 0.294 e. The first-order valence-electron chi connectivity index (χ1n) is 11.2. The number of nitrogens with zero attached hydrogens (tertiary/aromatic N) is 6. The SMILES string of the molecule is C[C@@H](Nc1nccc(Cl)c1NC(=O)c1ccno1)c1ccc(-c2cccc(F)c2-c2nnn(C)n2)cc1. The number of benzene rings is 2. The molecule has 2 aromatic carbocycles. The van der Waals surface area contributed by atoms with E-state index in [1.54, 1.807) is 19.2 Å². The van der Waals surface area contributed by atoms with E-state index in [1.807, 2.05) is 37.3 Å². The van der Waals surface area contributed by atoms with Crippen LogP contribution in [0.4, 0.5) is 15.9 Å². The monoisotopic (exact) mass is 518 g/mol. The largest absolute Gasteiger partial charge is 0.362 e. The summed E-state index contributed by atoms with van der Waals surface area (Å²) in [6, 6.07) is 15.2. The molecule has 0 aliphatic heterocycles. The minimum Gasteiger partial charge on any atom is -0.362 e. The summed E-state index contributed by atoms with van der Waals surface area (Å²) < 4.78 is 19.7. The third kappa shape index (κ3) is 5.02. The van der Waals surface area contributed by atoms with Crippen molar-refractivity contribution in [3.8, 4) is 22.5 Å². The van der Waals surface area contributed by atoms with Crippen LogP contribution >= 0.6 is 11.6 Å². The number of tetrazole rings is 1. The fourth-order valence-corrected chi connectivity index (χ4v) is 3.98. The Morgan fingerprint density at radius 3 is 2.62 bits per heavy atom. The van der Waals surface area contributed by atoms with Gasteiger partial charge in [0.05, 0.1) is 29.9 Å². The van der Waals surface area contributed by atoms with Crippen molar-refractivity contribution in [2.75, 3.05) is 10.6 Å². The van der Waals surface area contributed by atoms with Gasteiger partial charge in [-0.05, 0) is 41.0 Å². The van der Waals surface area contributed by atoms with E-state index >= 15 is 0 Å². The number of nitrogens with one attached hydrogen (secondary N) is 2. The van der Waals surface area contributed by atoms with E-state index in [2.05, 4.69) is 36.2 Å². The summed E-state index contributed by atoms with van der Waals surface area (Å²) in [7, 11) is 1.63. The number of aromatic nitrogens is 6. The second-order valence-electron chi connectivity index (χ2n) is 8.10. The Morgan fingerprint density at radius 1 is 1.11 bits per heavy atom. The number of halogens is 2. The van der Waals surface area contributed by atoms with Crippen molar-refractivity contribution in [1.29, 1.82) is 0 Å². The molecule has 5 rings (SSSR count). The number of pyridine rings is 1. The summed E-state index contributed by atoms with van der Waals surface area (Å²) in [6.07, 6.45) is 2.91. The minimum atomic E-state index is -0.504.